The van der Waals surface area contributed by atoms with Gasteiger partial charge in [-0.2, -0.15) is 4.31 Å². The number of benzene rings is 2. The Bertz CT molecular complexity index is 1060. The number of nitrogens with zero attached hydrogens (tertiary/aromatic N) is 2. The van der Waals surface area contributed by atoms with Crippen molar-refractivity contribution in [3.63, 3.8) is 0 Å². The summed E-state index contributed by atoms with van der Waals surface area (Å²) in [5.74, 6) is 1.12. The molecule has 2 heterocycles. The van der Waals surface area contributed by atoms with Gasteiger partial charge < -0.3 is 14.8 Å². The molecule has 0 unspecified atom stereocenters. The van der Waals surface area contributed by atoms with Crippen LogP contribution in [0.3, 0.4) is 0 Å². The van der Waals surface area contributed by atoms with Crippen molar-refractivity contribution in [2.24, 2.45) is 0 Å². The molecule has 1 N–H and O–H groups in total. The summed E-state index contributed by atoms with van der Waals surface area (Å²) >= 11 is 0. The maximum absolute atomic E-state index is 13.0. The zero-order valence-corrected chi connectivity index (χ0v) is 17.9. The number of carbonyl (C=O) groups is 1. The Labute approximate surface area is 176 Å². The van der Waals surface area contributed by atoms with Gasteiger partial charge in [0.25, 0.3) is 0 Å². The van der Waals surface area contributed by atoms with Gasteiger partial charge in [-0.3, -0.25) is 9.69 Å². The highest BCUT2D eigenvalue weighted by Gasteiger charge is 2.30. The number of aryl methyl sites for hydroxylation is 2. The van der Waals surface area contributed by atoms with Gasteiger partial charge in [-0.05, 0) is 43.2 Å². The van der Waals surface area contributed by atoms with Crippen molar-refractivity contribution in [1.29, 1.82) is 0 Å². The molecule has 0 radical (unpaired) electrons. The Morgan fingerprint density at radius 1 is 1.00 bits per heavy atom. The molecule has 2 aliphatic heterocycles. The van der Waals surface area contributed by atoms with Crippen LogP contribution in [0, 0.1) is 13.8 Å². The fourth-order valence-electron chi connectivity index (χ4n) is 3.63. The average Bonchev–Trinajstić information content (AvgIpc) is 3.18. The zero-order chi connectivity index (χ0) is 21.3. The molecule has 2 aliphatic rings. The van der Waals surface area contributed by atoms with Crippen LogP contribution in [0.5, 0.6) is 11.5 Å². The Hall–Kier alpha value is -2.62. The number of piperazine rings is 1. The molecule has 4 rings (SSSR count). The van der Waals surface area contributed by atoms with Crippen molar-refractivity contribution >= 4 is 21.6 Å². The summed E-state index contributed by atoms with van der Waals surface area (Å²) in [4.78, 5) is 14.7. The Morgan fingerprint density at radius 3 is 2.50 bits per heavy atom. The first kappa shape index (κ1) is 20.6. The molecule has 2 aromatic carbocycles. The summed E-state index contributed by atoms with van der Waals surface area (Å²) in [7, 11) is -3.54. The second-order valence-corrected chi connectivity index (χ2v) is 9.47. The van der Waals surface area contributed by atoms with Crippen LogP contribution in [-0.4, -0.2) is 63.0 Å². The topological polar surface area (TPSA) is 88.2 Å². The standard InChI is InChI=1S/C21H25N3O5S/c1-15-3-4-16(2)20(11-15)30(26,27)24-9-7-23(8-10-24)13-21(25)22-17-5-6-18-19(12-17)29-14-28-18/h3-6,11-12H,7-10,13-14H2,1-2H3,(H,22,25). The van der Waals surface area contributed by atoms with Gasteiger partial charge >= 0.3 is 0 Å². The van der Waals surface area contributed by atoms with E-state index in [-0.39, 0.29) is 19.2 Å². The zero-order valence-electron chi connectivity index (χ0n) is 17.1. The third kappa shape index (κ3) is 4.28. The maximum atomic E-state index is 13.0. The molecule has 1 fully saturated rings. The summed E-state index contributed by atoms with van der Waals surface area (Å²) in [5, 5.41) is 2.85. The van der Waals surface area contributed by atoms with Crippen molar-refractivity contribution in [3.8, 4) is 11.5 Å². The third-order valence-electron chi connectivity index (χ3n) is 5.32. The largest absolute Gasteiger partial charge is 0.454 e. The predicted molar refractivity (Wildman–Crippen MR) is 112 cm³/mol. The molecule has 0 atom stereocenters. The first-order chi connectivity index (χ1) is 14.3. The normalized spacial score (nSPS) is 17.1. The monoisotopic (exact) mass is 431 g/mol. The van der Waals surface area contributed by atoms with Crippen LogP contribution in [0.2, 0.25) is 0 Å². The number of ether oxygens (including phenoxy) is 2. The number of anilines is 1. The molecule has 0 bridgehead atoms. The van der Waals surface area contributed by atoms with E-state index in [1.54, 1.807) is 24.3 Å². The Kier molecular flexibility index (Phi) is 5.68. The Balaban J connectivity index is 1.33. The van der Waals surface area contributed by atoms with Crippen LogP contribution in [0.15, 0.2) is 41.3 Å². The first-order valence-electron chi connectivity index (χ1n) is 9.82. The van der Waals surface area contributed by atoms with Gasteiger partial charge in [-0.25, -0.2) is 8.42 Å². The molecule has 160 valence electrons. The molecule has 0 spiro atoms. The number of sulfonamides is 1. The summed E-state index contributed by atoms with van der Waals surface area (Å²) < 4.78 is 38.1. The molecule has 2 aromatic rings. The quantitative estimate of drug-likeness (QED) is 0.779. The number of amides is 1. The average molecular weight is 432 g/mol. The lowest BCUT2D eigenvalue weighted by molar-refractivity contribution is -0.117. The molecule has 8 nitrogen and oxygen atoms in total. The van der Waals surface area contributed by atoms with Crippen molar-refractivity contribution in [2.45, 2.75) is 18.7 Å². The predicted octanol–water partition coefficient (Wildman–Crippen LogP) is 1.98. The van der Waals surface area contributed by atoms with E-state index in [2.05, 4.69) is 5.32 Å². The van der Waals surface area contributed by atoms with Crippen LogP contribution in [0.4, 0.5) is 5.69 Å². The fourth-order valence-corrected chi connectivity index (χ4v) is 5.36. The second kappa shape index (κ2) is 8.25. The van der Waals surface area contributed by atoms with E-state index < -0.39 is 10.0 Å². The summed E-state index contributed by atoms with van der Waals surface area (Å²) in [6.45, 7) is 5.78. The van der Waals surface area contributed by atoms with Gasteiger partial charge in [0.05, 0.1) is 11.4 Å². The van der Waals surface area contributed by atoms with Crippen LogP contribution in [0.1, 0.15) is 11.1 Å². The molecular formula is C21H25N3O5S. The first-order valence-corrected chi connectivity index (χ1v) is 11.3. The maximum Gasteiger partial charge on any atom is 0.243 e. The van der Waals surface area contributed by atoms with Gasteiger partial charge in [0, 0.05) is 37.9 Å². The van der Waals surface area contributed by atoms with Crippen LogP contribution in [-0.2, 0) is 14.8 Å². The third-order valence-corrected chi connectivity index (χ3v) is 7.36. The summed E-state index contributed by atoms with van der Waals surface area (Å²) in [5.41, 5.74) is 2.30. The van der Waals surface area contributed by atoms with Crippen molar-refractivity contribution < 1.29 is 22.7 Å². The molecular weight excluding hydrogens is 406 g/mol. The second-order valence-electron chi connectivity index (χ2n) is 7.57. The molecule has 0 aliphatic carbocycles. The number of carbonyl (C=O) groups excluding carboxylic acids is 1. The fraction of sp³-hybridized carbons (Fsp3) is 0.381. The van der Waals surface area contributed by atoms with Crippen molar-refractivity contribution in [1.82, 2.24) is 9.21 Å². The van der Waals surface area contributed by atoms with E-state index in [4.69, 9.17) is 9.47 Å². The number of rotatable bonds is 5. The lowest BCUT2D eigenvalue weighted by atomic mass is 10.2. The van der Waals surface area contributed by atoms with E-state index in [0.717, 1.165) is 11.1 Å². The van der Waals surface area contributed by atoms with Gasteiger partial charge in [-0.15, -0.1) is 0 Å². The number of hydrogen-bond acceptors (Lipinski definition) is 6. The number of fused-ring (bicyclic) bond motifs is 1. The van der Waals surface area contributed by atoms with Crippen LogP contribution < -0.4 is 14.8 Å². The highest BCUT2D eigenvalue weighted by atomic mass is 32.2. The molecule has 9 heteroatoms. The minimum atomic E-state index is -3.54. The molecule has 30 heavy (non-hydrogen) atoms. The molecule has 1 amide bonds. The number of hydrogen-bond donors (Lipinski definition) is 1. The van der Waals surface area contributed by atoms with E-state index >= 15 is 0 Å². The van der Waals surface area contributed by atoms with Gasteiger partial charge in [0.15, 0.2) is 11.5 Å². The number of nitrogens with one attached hydrogen (secondary N) is 1. The minimum Gasteiger partial charge on any atom is -0.454 e. The molecule has 0 saturated carbocycles. The van der Waals surface area contributed by atoms with Crippen molar-refractivity contribution in [2.75, 3.05) is 44.8 Å². The molecule has 1 saturated heterocycles. The lowest BCUT2D eigenvalue weighted by Crippen LogP contribution is -2.50. The van der Waals surface area contributed by atoms with Crippen LogP contribution >= 0.6 is 0 Å². The smallest absolute Gasteiger partial charge is 0.243 e. The highest BCUT2D eigenvalue weighted by molar-refractivity contribution is 7.89. The van der Waals surface area contributed by atoms with E-state index in [9.17, 15) is 13.2 Å². The van der Waals surface area contributed by atoms with Crippen LogP contribution in [0.25, 0.3) is 0 Å². The summed E-state index contributed by atoms with van der Waals surface area (Å²) in [6.07, 6.45) is 0. The van der Waals surface area contributed by atoms with Gasteiger partial charge in [0.2, 0.25) is 22.7 Å². The van der Waals surface area contributed by atoms with E-state index in [1.807, 2.05) is 30.9 Å². The Morgan fingerprint density at radius 2 is 1.73 bits per heavy atom. The SMILES string of the molecule is Cc1ccc(C)c(S(=O)(=O)N2CCN(CC(=O)Nc3ccc4c(c3)OCO4)CC2)c1. The minimum absolute atomic E-state index is 0.153. The van der Waals surface area contributed by atoms with Gasteiger partial charge in [0.1, 0.15) is 0 Å². The van der Waals surface area contributed by atoms with Crippen molar-refractivity contribution in [3.05, 3.63) is 47.5 Å². The molecule has 0 aromatic heterocycles. The van der Waals surface area contributed by atoms with E-state index in [1.165, 1.54) is 4.31 Å². The highest BCUT2D eigenvalue weighted by Crippen LogP contribution is 2.34. The van der Waals surface area contributed by atoms with Gasteiger partial charge in [-0.1, -0.05) is 12.1 Å². The van der Waals surface area contributed by atoms with E-state index in [0.29, 0.717) is 48.3 Å². The lowest BCUT2D eigenvalue weighted by Gasteiger charge is -2.33. The summed E-state index contributed by atoms with van der Waals surface area (Å²) in [6, 6.07) is 10.7.